The van der Waals surface area contributed by atoms with Gasteiger partial charge in [-0.05, 0) is 48.9 Å². The van der Waals surface area contributed by atoms with E-state index in [0.717, 1.165) is 34.9 Å². The largest absolute Gasteiger partial charge is 0.497 e. The second-order valence-electron chi connectivity index (χ2n) is 7.62. The summed E-state index contributed by atoms with van der Waals surface area (Å²) in [6.07, 6.45) is 0.985. The smallest absolute Gasteiger partial charge is 0.328 e. The maximum atomic E-state index is 13.1. The van der Waals surface area contributed by atoms with Gasteiger partial charge in [0.05, 0.1) is 18.0 Å². The molecule has 1 heterocycles. The zero-order chi connectivity index (χ0) is 26.7. The van der Waals surface area contributed by atoms with E-state index in [4.69, 9.17) is 26.6 Å². The van der Waals surface area contributed by atoms with Crippen LogP contribution in [0.1, 0.15) is 24.2 Å². The predicted octanol–water partition coefficient (Wildman–Crippen LogP) is 3.60. The number of nitrogens with one attached hydrogen (secondary N) is 1. The lowest BCUT2D eigenvalue weighted by Crippen LogP contribution is -2.43. The zero-order valence-corrected chi connectivity index (χ0v) is 21.5. The normalized spacial score (nSPS) is 17.1. The van der Waals surface area contributed by atoms with Crippen LogP contribution in [0.4, 0.5) is 5.69 Å². The van der Waals surface area contributed by atoms with Crippen molar-refractivity contribution in [2.24, 2.45) is 0 Å². The molecule has 0 spiro atoms. The van der Waals surface area contributed by atoms with Crippen molar-refractivity contribution in [1.29, 1.82) is 0 Å². The van der Waals surface area contributed by atoms with Crippen LogP contribution in [0.2, 0.25) is 5.02 Å². The van der Waals surface area contributed by atoms with E-state index < -0.39 is 23.3 Å². The molecule has 0 aromatic heterocycles. The third-order valence-electron chi connectivity index (χ3n) is 5.02. The van der Waals surface area contributed by atoms with E-state index in [9.17, 15) is 19.5 Å². The number of aliphatic hydroxyl groups is 1. The lowest BCUT2D eigenvalue weighted by molar-refractivity contribution is -0.134. The molecule has 0 fully saturated rings. The summed E-state index contributed by atoms with van der Waals surface area (Å²) in [5.41, 5.74) is 1.65. The summed E-state index contributed by atoms with van der Waals surface area (Å²) in [5.74, 6) is -2.08. The highest BCUT2D eigenvalue weighted by Gasteiger charge is 2.37. The number of nitrogens with zero attached hydrogens (tertiary/aromatic N) is 1. The van der Waals surface area contributed by atoms with Crippen molar-refractivity contribution < 1.29 is 34.4 Å². The van der Waals surface area contributed by atoms with Gasteiger partial charge in [-0.2, -0.15) is 0 Å². The second-order valence-corrected chi connectivity index (χ2v) is 9.24. The summed E-state index contributed by atoms with van der Waals surface area (Å²) < 4.78 is 5.21. The highest BCUT2D eigenvalue weighted by molar-refractivity contribution is 7.99. The molecule has 2 aromatic carbocycles. The van der Waals surface area contributed by atoms with Crippen LogP contribution in [0, 0.1) is 0 Å². The molecule has 1 aliphatic rings. The number of methoxy groups -OCH3 is 1. The van der Waals surface area contributed by atoms with Gasteiger partial charge in [0.15, 0.2) is 0 Å². The highest BCUT2D eigenvalue weighted by Crippen LogP contribution is 2.46. The fourth-order valence-corrected chi connectivity index (χ4v) is 4.87. The maximum Gasteiger partial charge on any atom is 0.328 e. The van der Waals surface area contributed by atoms with Gasteiger partial charge in [-0.25, -0.2) is 9.59 Å². The molecule has 0 bridgehead atoms. The number of aliphatic carboxylic acids is 2. The molecule has 1 aliphatic heterocycles. The van der Waals surface area contributed by atoms with Crippen LogP contribution in [-0.2, 0) is 14.4 Å². The Bertz CT molecular complexity index is 1060. The Morgan fingerprint density at radius 2 is 1.75 bits per heavy atom. The molecule has 11 heteroatoms. The van der Waals surface area contributed by atoms with Gasteiger partial charge < -0.3 is 30.3 Å². The second kappa shape index (κ2) is 14.5. The number of aliphatic hydroxyl groups excluding tert-OH is 1. The molecule has 36 heavy (non-hydrogen) atoms. The number of fused-ring (bicyclic) bond motifs is 1. The monoisotopic (exact) mass is 536 g/mol. The molecule has 0 radical (unpaired) electrons. The molecule has 3 rings (SSSR count). The highest BCUT2D eigenvalue weighted by atomic mass is 35.5. The average molecular weight is 537 g/mol. The number of rotatable bonds is 9. The molecule has 0 saturated carbocycles. The molecule has 0 unspecified atom stereocenters. The molecule has 9 nitrogen and oxygen atoms in total. The molecule has 0 saturated heterocycles. The van der Waals surface area contributed by atoms with Crippen LogP contribution in [0.3, 0.4) is 0 Å². The van der Waals surface area contributed by atoms with Crippen molar-refractivity contribution in [3.05, 3.63) is 65.2 Å². The summed E-state index contributed by atoms with van der Waals surface area (Å²) in [6, 6.07) is 12.9. The number of hydrogen-bond acceptors (Lipinski definition) is 7. The molecular weight excluding hydrogens is 508 g/mol. The Morgan fingerprint density at radius 1 is 1.11 bits per heavy atom. The lowest BCUT2D eigenvalue weighted by Gasteiger charge is -2.25. The molecule has 1 amide bonds. The van der Waals surface area contributed by atoms with Crippen molar-refractivity contribution in [1.82, 2.24) is 5.32 Å². The van der Waals surface area contributed by atoms with E-state index in [2.05, 4.69) is 12.2 Å². The van der Waals surface area contributed by atoms with E-state index in [0.29, 0.717) is 30.3 Å². The first kappa shape index (κ1) is 29.2. The molecule has 2 aromatic rings. The zero-order valence-electron chi connectivity index (χ0n) is 19.9. The summed E-state index contributed by atoms with van der Waals surface area (Å²) in [6.45, 7) is 4.13. The number of carbonyl (C=O) groups is 3. The summed E-state index contributed by atoms with van der Waals surface area (Å²) in [5, 5.41) is 30.0. The number of benzene rings is 2. The van der Waals surface area contributed by atoms with Crippen LogP contribution in [0.25, 0.3) is 0 Å². The van der Waals surface area contributed by atoms with Crippen LogP contribution in [0.5, 0.6) is 5.75 Å². The maximum absolute atomic E-state index is 13.1. The number of carbonyl (C=O) groups excluding carboxylic acids is 1. The minimum atomic E-state index is -1.26. The van der Waals surface area contributed by atoms with Gasteiger partial charge in [0.2, 0.25) is 0 Å². The van der Waals surface area contributed by atoms with Gasteiger partial charge in [-0.1, -0.05) is 30.7 Å². The van der Waals surface area contributed by atoms with Crippen LogP contribution >= 0.6 is 23.4 Å². The third-order valence-corrected chi connectivity index (χ3v) is 6.62. The minimum Gasteiger partial charge on any atom is -0.497 e. The molecule has 194 valence electrons. The standard InChI is InChI=1S/C21H25ClN2O3S.C4H4O4/c1-3-10-23-11-12-24-17-9-6-15(22)13-18(17)28-20(19(25)21(24)26)14-4-7-16(27-2)8-5-14;5-3(6)1-2-4(7)8/h4-9,13,19-20,23,25H,3,10-12H2,1-2H3;1-2H,(H,5,6)(H,7,8)/b;2-1+/t19-,20+;/m0./s1. The fourth-order valence-electron chi connectivity index (χ4n) is 3.32. The van der Waals surface area contributed by atoms with Crippen molar-refractivity contribution in [2.45, 2.75) is 29.6 Å². The topological polar surface area (TPSA) is 136 Å². The Hall–Kier alpha value is -3.05. The number of amides is 1. The van der Waals surface area contributed by atoms with E-state index in [-0.39, 0.29) is 5.91 Å². The van der Waals surface area contributed by atoms with Crippen molar-refractivity contribution >= 4 is 46.9 Å². The average Bonchev–Trinajstić information content (AvgIpc) is 2.95. The van der Waals surface area contributed by atoms with Gasteiger partial charge in [0.25, 0.3) is 5.91 Å². The first-order chi connectivity index (χ1) is 17.2. The molecule has 0 aliphatic carbocycles. The predicted molar refractivity (Wildman–Crippen MR) is 139 cm³/mol. The first-order valence-electron chi connectivity index (χ1n) is 11.1. The molecular formula is C25H29ClN2O7S. The molecule has 2 atom stereocenters. The Morgan fingerprint density at radius 3 is 2.31 bits per heavy atom. The third kappa shape index (κ3) is 8.56. The van der Waals surface area contributed by atoms with Crippen LogP contribution in [-0.4, -0.2) is 66.0 Å². The van der Waals surface area contributed by atoms with E-state index in [1.54, 1.807) is 18.1 Å². The van der Waals surface area contributed by atoms with Gasteiger partial charge in [-0.15, -0.1) is 11.8 Å². The van der Waals surface area contributed by atoms with Crippen molar-refractivity contribution in [2.75, 3.05) is 31.6 Å². The number of ether oxygens (including phenoxy) is 1. The SMILES string of the molecule is CCCNCCN1C(=O)[C@@H](O)[C@@H](c2ccc(OC)cc2)Sc2cc(Cl)ccc21.O=C(O)/C=C/C(=O)O. The van der Waals surface area contributed by atoms with Crippen molar-refractivity contribution in [3.8, 4) is 5.75 Å². The van der Waals surface area contributed by atoms with Gasteiger partial charge in [-0.3, -0.25) is 4.79 Å². The molecule has 4 N–H and O–H groups in total. The number of anilines is 1. The quantitative estimate of drug-likeness (QED) is 0.280. The van der Waals surface area contributed by atoms with Gasteiger partial charge >= 0.3 is 11.9 Å². The fraction of sp³-hybridized carbons (Fsp3) is 0.320. The Kier molecular flexibility index (Phi) is 11.7. The van der Waals surface area contributed by atoms with E-state index in [1.165, 1.54) is 11.8 Å². The van der Waals surface area contributed by atoms with Gasteiger partial charge in [0.1, 0.15) is 11.9 Å². The first-order valence-corrected chi connectivity index (χ1v) is 12.4. The van der Waals surface area contributed by atoms with Crippen molar-refractivity contribution in [3.63, 3.8) is 0 Å². The number of carboxylic acid groups (broad SMARTS) is 2. The minimum absolute atomic E-state index is 0.298. The summed E-state index contributed by atoms with van der Waals surface area (Å²) in [7, 11) is 1.61. The number of thioether (sulfide) groups is 1. The van der Waals surface area contributed by atoms with Gasteiger partial charge in [0, 0.05) is 35.2 Å². The van der Waals surface area contributed by atoms with Crippen LogP contribution in [0.15, 0.2) is 59.5 Å². The van der Waals surface area contributed by atoms with E-state index in [1.807, 2.05) is 36.4 Å². The van der Waals surface area contributed by atoms with Crippen LogP contribution < -0.4 is 15.0 Å². The Labute approximate surface area is 218 Å². The number of hydrogen-bond donors (Lipinski definition) is 4. The summed E-state index contributed by atoms with van der Waals surface area (Å²) >= 11 is 7.68. The summed E-state index contributed by atoms with van der Waals surface area (Å²) in [4.78, 5) is 34.8. The Balaban J connectivity index is 0.000000493. The number of carboxylic acids is 2. The number of halogens is 1. The lowest BCUT2D eigenvalue weighted by atomic mass is 10.1. The van der Waals surface area contributed by atoms with E-state index >= 15 is 0 Å².